The summed E-state index contributed by atoms with van der Waals surface area (Å²) in [6.07, 6.45) is 7.54. The molecule has 1 aliphatic heterocycles. The Morgan fingerprint density at radius 1 is 1.55 bits per heavy atom. The fourth-order valence-corrected chi connectivity index (χ4v) is 3.17. The van der Waals surface area contributed by atoms with Crippen LogP contribution in [0, 0.1) is 0 Å². The highest BCUT2D eigenvalue weighted by atomic mass is 32.2. The monoisotopic (exact) mass is 293 g/mol. The number of aromatic nitrogens is 1. The van der Waals surface area contributed by atoms with Crippen LogP contribution in [-0.4, -0.2) is 47.7 Å². The van der Waals surface area contributed by atoms with Crippen molar-refractivity contribution in [1.82, 2.24) is 15.2 Å². The zero-order valence-corrected chi connectivity index (χ0v) is 13.1. The zero-order chi connectivity index (χ0) is 14.4. The van der Waals surface area contributed by atoms with Gasteiger partial charge in [0.2, 0.25) is 0 Å². The SMILES string of the molecule is CSc1ncccc1C(=O)NCCN1CCCC[C@H]1C. The zero-order valence-electron chi connectivity index (χ0n) is 12.3. The van der Waals surface area contributed by atoms with Crippen molar-refractivity contribution in [2.24, 2.45) is 0 Å². The van der Waals surface area contributed by atoms with Crippen molar-refractivity contribution < 1.29 is 4.79 Å². The molecule has 0 aliphatic carbocycles. The second-order valence-corrected chi connectivity index (χ2v) is 5.99. The fraction of sp³-hybridized carbons (Fsp3) is 0.600. The first-order chi connectivity index (χ1) is 9.72. The van der Waals surface area contributed by atoms with E-state index >= 15 is 0 Å². The number of hydrogen-bond donors (Lipinski definition) is 1. The standard InChI is InChI=1S/C15H23N3OS/c1-12-6-3-4-10-18(12)11-9-16-14(19)13-7-5-8-17-15(13)20-2/h5,7-8,12H,3-4,6,9-11H2,1-2H3,(H,16,19)/t12-/m1/s1. The number of piperidine rings is 1. The van der Waals surface area contributed by atoms with Gasteiger partial charge in [0.1, 0.15) is 5.03 Å². The van der Waals surface area contributed by atoms with Crippen molar-refractivity contribution >= 4 is 17.7 Å². The van der Waals surface area contributed by atoms with Gasteiger partial charge in [0.15, 0.2) is 0 Å². The molecule has 1 aromatic heterocycles. The van der Waals surface area contributed by atoms with Crippen LogP contribution >= 0.6 is 11.8 Å². The molecule has 0 aromatic carbocycles. The van der Waals surface area contributed by atoms with Crippen molar-refractivity contribution in [3.8, 4) is 0 Å². The van der Waals surface area contributed by atoms with E-state index in [4.69, 9.17) is 0 Å². The number of nitrogens with zero attached hydrogens (tertiary/aromatic N) is 2. The smallest absolute Gasteiger partial charge is 0.254 e. The topological polar surface area (TPSA) is 45.2 Å². The van der Waals surface area contributed by atoms with E-state index in [-0.39, 0.29) is 5.91 Å². The Kier molecular flexibility index (Phi) is 5.86. The summed E-state index contributed by atoms with van der Waals surface area (Å²) in [7, 11) is 0. The number of amides is 1. The maximum Gasteiger partial charge on any atom is 0.254 e. The molecule has 110 valence electrons. The van der Waals surface area contributed by atoms with E-state index in [1.807, 2.05) is 12.3 Å². The third-order valence-corrected chi connectivity index (χ3v) is 4.55. The summed E-state index contributed by atoms with van der Waals surface area (Å²) >= 11 is 1.50. The van der Waals surface area contributed by atoms with Crippen molar-refractivity contribution in [2.45, 2.75) is 37.3 Å². The van der Waals surface area contributed by atoms with Crippen molar-refractivity contribution in [3.05, 3.63) is 23.9 Å². The molecule has 2 heterocycles. The molecule has 2 rings (SSSR count). The van der Waals surface area contributed by atoms with Crippen LogP contribution in [-0.2, 0) is 0 Å². The second kappa shape index (κ2) is 7.64. The molecule has 1 saturated heterocycles. The van der Waals surface area contributed by atoms with Crippen LogP contribution in [0.25, 0.3) is 0 Å². The highest BCUT2D eigenvalue weighted by Crippen LogP contribution is 2.17. The predicted octanol–water partition coefficient (Wildman–Crippen LogP) is 2.41. The fourth-order valence-electron chi connectivity index (χ4n) is 2.62. The normalized spacial score (nSPS) is 19.8. The molecule has 5 heteroatoms. The molecule has 4 nitrogen and oxygen atoms in total. The van der Waals surface area contributed by atoms with E-state index in [2.05, 4.69) is 22.1 Å². The number of carbonyl (C=O) groups is 1. The van der Waals surface area contributed by atoms with Crippen molar-refractivity contribution in [2.75, 3.05) is 25.9 Å². The summed E-state index contributed by atoms with van der Waals surface area (Å²) in [6, 6.07) is 4.28. The van der Waals surface area contributed by atoms with E-state index in [1.165, 1.54) is 31.0 Å². The van der Waals surface area contributed by atoms with Gasteiger partial charge in [-0.25, -0.2) is 4.98 Å². The number of nitrogens with one attached hydrogen (secondary N) is 1. The molecule has 0 bridgehead atoms. The van der Waals surface area contributed by atoms with Gasteiger partial charge in [-0.05, 0) is 44.7 Å². The summed E-state index contributed by atoms with van der Waals surface area (Å²) < 4.78 is 0. The number of rotatable bonds is 5. The van der Waals surface area contributed by atoms with Gasteiger partial charge in [0, 0.05) is 25.3 Å². The van der Waals surface area contributed by atoms with Crippen LogP contribution in [0.4, 0.5) is 0 Å². The lowest BCUT2D eigenvalue weighted by Gasteiger charge is -2.33. The summed E-state index contributed by atoms with van der Waals surface area (Å²) in [4.78, 5) is 18.8. The largest absolute Gasteiger partial charge is 0.351 e. The number of pyridine rings is 1. The number of thioether (sulfide) groups is 1. The first-order valence-corrected chi connectivity index (χ1v) is 8.46. The van der Waals surface area contributed by atoms with Gasteiger partial charge < -0.3 is 5.32 Å². The van der Waals surface area contributed by atoms with Gasteiger partial charge in [0.25, 0.3) is 5.91 Å². The van der Waals surface area contributed by atoms with Gasteiger partial charge in [-0.15, -0.1) is 11.8 Å². The maximum absolute atomic E-state index is 12.2. The van der Waals surface area contributed by atoms with E-state index < -0.39 is 0 Å². The molecular weight excluding hydrogens is 270 g/mol. The number of carbonyl (C=O) groups excluding carboxylic acids is 1. The molecule has 0 saturated carbocycles. The molecular formula is C15H23N3OS. The van der Waals surface area contributed by atoms with Crippen LogP contribution in [0.2, 0.25) is 0 Å². The van der Waals surface area contributed by atoms with Crippen molar-refractivity contribution in [1.29, 1.82) is 0 Å². The third-order valence-electron chi connectivity index (χ3n) is 3.83. The van der Waals surface area contributed by atoms with E-state index in [0.717, 1.165) is 18.1 Å². The molecule has 1 amide bonds. The molecule has 1 N–H and O–H groups in total. The lowest BCUT2D eigenvalue weighted by atomic mass is 10.0. The first-order valence-electron chi connectivity index (χ1n) is 7.23. The number of hydrogen-bond acceptors (Lipinski definition) is 4. The lowest BCUT2D eigenvalue weighted by molar-refractivity contribution is 0.0935. The minimum absolute atomic E-state index is 0.0212. The Bertz CT molecular complexity index is 452. The molecule has 1 aromatic rings. The minimum Gasteiger partial charge on any atom is -0.351 e. The molecule has 0 spiro atoms. The second-order valence-electron chi connectivity index (χ2n) is 5.20. The van der Waals surface area contributed by atoms with Crippen LogP contribution < -0.4 is 5.32 Å². The molecule has 1 aliphatic rings. The van der Waals surface area contributed by atoms with Gasteiger partial charge in [-0.1, -0.05) is 6.42 Å². The highest BCUT2D eigenvalue weighted by Gasteiger charge is 2.18. The van der Waals surface area contributed by atoms with Crippen LogP contribution in [0.1, 0.15) is 36.5 Å². The molecule has 0 unspecified atom stereocenters. The Hall–Kier alpha value is -1.07. The Balaban J connectivity index is 1.83. The molecule has 1 atom stereocenters. The third kappa shape index (κ3) is 3.96. The summed E-state index contributed by atoms with van der Waals surface area (Å²) in [5.41, 5.74) is 0.673. The lowest BCUT2D eigenvalue weighted by Crippen LogP contribution is -2.42. The summed E-state index contributed by atoms with van der Waals surface area (Å²) in [6.45, 7) is 5.06. The Labute approximate surface area is 125 Å². The average molecular weight is 293 g/mol. The van der Waals surface area contributed by atoms with Crippen LogP contribution in [0.5, 0.6) is 0 Å². The van der Waals surface area contributed by atoms with E-state index in [0.29, 0.717) is 18.2 Å². The maximum atomic E-state index is 12.2. The van der Waals surface area contributed by atoms with E-state index in [9.17, 15) is 4.79 Å². The van der Waals surface area contributed by atoms with E-state index in [1.54, 1.807) is 12.3 Å². The molecule has 20 heavy (non-hydrogen) atoms. The Morgan fingerprint density at radius 3 is 3.15 bits per heavy atom. The first kappa shape index (κ1) is 15.3. The average Bonchev–Trinajstić information content (AvgIpc) is 2.49. The van der Waals surface area contributed by atoms with Crippen LogP contribution in [0.3, 0.4) is 0 Å². The minimum atomic E-state index is -0.0212. The molecule has 1 fully saturated rings. The number of likely N-dealkylation sites (tertiary alicyclic amines) is 1. The van der Waals surface area contributed by atoms with Crippen LogP contribution in [0.15, 0.2) is 23.4 Å². The van der Waals surface area contributed by atoms with Gasteiger partial charge >= 0.3 is 0 Å². The van der Waals surface area contributed by atoms with Gasteiger partial charge in [0.05, 0.1) is 5.56 Å². The summed E-state index contributed by atoms with van der Waals surface area (Å²) in [5.74, 6) is -0.0212. The highest BCUT2D eigenvalue weighted by molar-refractivity contribution is 7.98. The van der Waals surface area contributed by atoms with Gasteiger partial charge in [-0.3, -0.25) is 9.69 Å². The van der Waals surface area contributed by atoms with Gasteiger partial charge in [-0.2, -0.15) is 0 Å². The quantitative estimate of drug-likeness (QED) is 0.847. The molecule has 0 radical (unpaired) electrons. The summed E-state index contributed by atoms with van der Waals surface area (Å²) in [5, 5.41) is 3.80. The van der Waals surface area contributed by atoms with Crippen molar-refractivity contribution in [3.63, 3.8) is 0 Å². The Morgan fingerprint density at radius 2 is 2.40 bits per heavy atom. The predicted molar refractivity (Wildman–Crippen MR) is 83.2 cm³/mol.